The van der Waals surface area contributed by atoms with Crippen molar-refractivity contribution in [1.82, 2.24) is 15.1 Å². The molecule has 2 atom stereocenters. The van der Waals surface area contributed by atoms with Gasteiger partial charge in [-0.25, -0.2) is 0 Å². The Hall–Kier alpha value is -0.120. The van der Waals surface area contributed by atoms with Gasteiger partial charge in [-0.2, -0.15) is 0 Å². The third-order valence-electron chi connectivity index (χ3n) is 4.54. The number of piperazine rings is 1. The van der Waals surface area contributed by atoms with Crippen molar-refractivity contribution >= 4 is 0 Å². The Bertz CT molecular complexity index is 239. The van der Waals surface area contributed by atoms with Gasteiger partial charge in [-0.3, -0.25) is 9.80 Å². The van der Waals surface area contributed by atoms with Crippen molar-refractivity contribution in [2.24, 2.45) is 5.92 Å². The SMILES string of the molecule is CC1CCNC1CN1CCN(C)C(C)(C)C1. The molecule has 0 spiro atoms. The summed E-state index contributed by atoms with van der Waals surface area (Å²) in [5.41, 5.74) is 0.333. The lowest BCUT2D eigenvalue weighted by molar-refractivity contribution is 0.0342. The molecule has 2 unspecified atom stereocenters. The molecular weight excluding hydrogens is 198 g/mol. The molecule has 2 fully saturated rings. The van der Waals surface area contributed by atoms with E-state index in [4.69, 9.17) is 0 Å². The van der Waals surface area contributed by atoms with Crippen LogP contribution in [0.2, 0.25) is 0 Å². The monoisotopic (exact) mass is 225 g/mol. The second-order valence-electron chi connectivity index (χ2n) is 6.30. The lowest BCUT2D eigenvalue weighted by Gasteiger charge is -2.46. The number of nitrogens with one attached hydrogen (secondary N) is 1. The zero-order chi connectivity index (χ0) is 11.8. The smallest absolute Gasteiger partial charge is 0.0277 e. The van der Waals surface area contributed by atoms with Gasteiger partial charge in [-0.05, 0) is 39.8 Å². The fraction of sp³-hybridized carbons (Fsp3) is 1.00. The van der Waals surface area contributed by atoms with Crippen LogP contribution in [0.1, 0.15) is 27.2 Å². The largest absolute Gasteiger partial charge is 0.312 e. The molecule has 2 saturated heterocycles. The van der Waals surface area contributed by atoms with E-state index in [0.717, 1.165) is 12.0 Å². The van der Waals surface area contributed by atoms with Crippen LogP contribution in [0.3, 0.4) is 0 Å². The van der Waals surface area contributed by atoms with E-state index in [-0.39, 0.29) is 0 Å². The van der Waals surface area contributed by atoms with Gasteiger partial charge >= 0.3 is 0 Å². The van der Waals surface area contributed by atoms with E-state index in [9.17, 15) is 0 Å². The van der Waals surface area contributed by atoms with Gasteiger partial charge in [-0.1, -0.05) is 6.92 Å². The van der Waals surface area contributed by atoms with Crippen molar-refractivity contribution in [1.29, 1.82) is 0 Å². The highest BCUT2D eigenvalue weighted by Crippen LogP contribution is 2.21. The molecule has 0 aromatic carbocycles. The second-order valence-corrected chi connectivity index (χ2v) is 6.30. The van der Waals surface area contributed by atoms with Gasteiger partial charge in [-0.15, -0.1) is 0 Å². The van der Waals surface area contributed by atoms with Crippen LogP contribution in [-0.4, -0.2) is 61.2 Å². The van der Waals surface area contributed by atoms with Crippen LogP contribution < -0.4 is 5.32 Å². The first-order chi connectivity index (χ1) is 7.49. The number of nitrogens with zero attached hydrogens (tertiary/aromatic N) is 2. The van der Waals surface area contributed by atoms with Gasteiger partial charge in [0.15, 0.2) is 0 Å². The molecule has 0 saturated carbocycles. The van der Waals surface area contributed by atoms with Crippen LogP contribution in [0.15, 0.2) is 0 Å². The third-order valence-corrected chi connectivity index (χ3v) is 4.54. The lowest BCUT2D eigenvalue weighted by Crippen LogP contribution is -2.59. The summed E-state index contributed by atoms with van der Waals surface area (Å²) in [7, 11) is 2.24. The summed E-state index contributed by atoms with van der Waals surface area (Å²) in [6.45, 7) is 13.2. The van der Waals surface area contributed by atoms with Gasteiger partial charge in [0.2, 0.25) is 0 Å². The standard InChI is InChI=1S/C13H27N3/c1-11-5-6-14-12(11)9-16-8-7-15(4)13(2,3)10-16/h11-12,14H,5-10H2,1-4H3. The predicted molar refractivity (Wildman–Crippen MR) is 68.7 cm³/mol. The summed E-state index contributed by atoms with van der Waals surface area (Å²) in [6.07, 6.45) is 1.35. The molecule has 2 heterocycles. The third kappa shape index (κ3) is 2.58. The Labute approximate surface area is 100 Å². The first-order valence-electron chi connectivity index (χ1n) is 6.66. The molecule has 0 amide bonds. The minimum absolute atomic E-state index is 0.333. The number of hydrogen-bond donors (Lipinski definition) is 1. The summed E-state index contributed by atoms with van der Waals surface area (Å²) in [6, 6.07) is 0.721. The zero-order valence-electron chi connectivity index (χ0n) is 11.3. The molecule has 0 aromatic heterocycles. The first-order valence-corrected chi connectivity index (χ1v) is 6.66. The van der Waals surface area contributed by atoms with Crippen LogP contribution in [0, 0.1) is 5.92 Å². The average molecular weight is 225 g/mol. The van der Waals surface area contributed by atoms with E-state index >= 15 is 0 Å². The van der Waals surface area contributed by atoms with Crippen LogP contribution in [0.5, 0.6) is 0 Å². The molecule has 3 nitrogen and oxygen atoms in total. The van der Waals surface area contributed by atoms with Crippen molar-refractivity contribution in [2.45, 2.75) is 38.8 Å². The van der Waals surface area contributed by atoms with Crippen LogP contribution in [-0.2, 0) is 0 Å². The van der Waals surface area contributed by atoms with E-state index in [0.29, 0.717) is 5.54 Å². The summed E-state index contributed by atoms with van der Waals surface area (Å²) in [4.78, 5) is 5.12. The number of likely N-dealkylation sites (N-methyl/N-ethyl adjacent to an activating group) is 1. The molecule has 1 N–H and O–H groups in total. The molecule has 0 radical (unpaired) electrons. The van der Waals surface area contributed by atoms with Crippen LogP contribution in [0.4, 0.5) is 0 Å². The average Bonchev–Trinajstić information content (AvgIpc) is 2.58. The molecule has 2 rings (SSSR count). The fourth-order valence-corrected chi connectivity index (χ4v) is 2.92. The maximum absolute atomic E-state index is 3.64. The highest BCUT2D eigenvalue weighted by Gasteiger charge is 2.33. The Morgan fingerprint density at radius 1 is 1.31 bits per heavy atom. The minimum atomic E-state index is 0.333. The maximum Gasteiger partial charge on any atom is 0.0277 e. The molecule has 16 heavy (non-hydrogen) atoms. The van der Waals surface area contributed by atoms with E-state index in [1.165, 1.54) is 39.1 Å². The molecule has 3 heteroatoms. The van der Waals surface area contributed by atoms with E-state index in [1.807, 2.05) is 0 Å². The Kier molecular flexibility index (Phi) is 3.57. The van der Waals surface area contributed by atoms with Gasteiger partial charge in [0, 0.05) is 37.8 Å². The molecule has 0 aliphatic carbocycles. The quantitative estimate of drug-likeness (QED) is 0.757. The highest BCUT2D eigenvalue weighted by molar-refractivity contribution is 4.91. The van der Waals surface area contributed by atoms with Crippen molar-refractivity contribution in [3.63, 3.8) is 0 Å². The summed E-state index contributed by atoms with van der Waals surface area (Å²) >= 11 is 0. The van der Waals surface area contributed by atoms with Gasteiger partial charge in [0.1, 0.15) is 0 Å². The first kappa shape index (κ1) is 12.3. The topological polar surface area (TPSA) is 18.5 Å². The maximum atomic E-state index is 3.64. The Morgan fingerprint density at radius 2 is 2.06 bits per heavy atom. The number of hydrogen-bond acceptors (Lipinski definition) is 3. The van der Waals surface area contributed by atoms with Gasteiger partial charge < -0.3 is 5.32 Å². The van der Waals surface area contributed by atoms with Crippen molar-refractivity contribution < 1.29 is 0 Å². The minimum Gasteiger partial charge on any atom is -0.312 e. The predicted octanol–water partition coefficient (Wildman–Crippen LogP) is 1.01. The van der Waals surface area contributed by atoms with Crippen molar-refractivity contribution in [3.8, 4) is 0 Å². The summed E-state index contributed by atoms with van der Waals surface area (Å²) in [5, 5.41) is 3.64. The molecule has 0 bridgehead atoms. The number of rotatable bonds is 2. The van der Waals surface area contributed by atoms with E-state index in [2.05, 4.69) is 42.9 Å². The summed E-state index contributed by atoms with van der Waals surface area (Å²) in [5.74, 6) is 0.850. The van der Waals surface area contributed by atoms with Crippen molar-refractivity contribution in [2.75, 3.05) is 39.8 Å². The highest BCUT2D eigenvalue weighted by atomic mass is 15.3. The molecule has 2 aliphatic rings. The van der Waals surface area contributed by atoms with E-state index < -0.39 is 0 Å². The van der Waals surface area contributed by atoms with Gasteiger partial charge in [0.25, 0.3) is 0 Å². The lowest BCUT2D eigenvalue weighted by atomic mass is 9.97. The van der Waals surface area contributed by atoms with Crippen LogP contribution in [0.25, 0.3) is 0 Å². The fourth-order valence-electron chi connectivity index (χ4n) is 2.92. The normalized spacial score (nSPS) is 36.8. The molecular formula is C13H27N3. The molecule has 94 valence electrons. The second kappa shape index (κ2) is 4.63. The van der Waals surface area contributed by atoms with Crippen molar-refractivity contribution in [3.05, 3.63) is 0 Å². The Balaban J connectivity index is 1.87. The Morgan fingerprint density at radius 3 is 2.62 bits per heavy atom. The summed E-state index contributed by atoms with van der Waals surface area (Å²) < 4.78 is 0. The van der Waals surface area contributed by atoms with E-state index in [1.54, 1.807) is 0 Å². The zero-order valence-corrected chi connectivity index (χ0v) is 11.3. The molecule has 2 aliphatic heterocycles. The van der Waals surface area contributed by atoms with Crippen LogP contribution >= 0.6 is 0 Å². The molecule has 0 aromatic rings. The van der Waals surface area contributed by atoms with Gasteiger partial charge in [0.05, 0.1) is 0 Å².